The van der Waals surface area contributed by atoms with Crippen LogP contribution in [0.25, 0.3) is 0 Å². The van der Waals surface area contributed by atoms with E-state index in [1.54, 1.807) is 13.1 Å². The lowest BCUT2D eigenvalue weighted by molar-refractivity contribution is 0.0145. The minimum absolute atomic E-state index is 0.124. The van der Waals surface area contributed by atoms with Gasteiger partial charge in [-0.3, -0.25) is 0 Å². The van der Waals surface area contributed by atoms with Crippen molar-refractivity contribution < 1.29 is 23.0 Å². The summed E-state index contributed by atoms with van der Waals surface area (Å²) in [6, 6.07) is 3.45. The van der Waals surface area contributed by atoms with Crippen LogP contribution in [0.1, 0.15) is 18.0 Å². The zero-order valence-electron chi connectivity index (χ0n) is 12.3. The summed E-state index contributed by atoms with van der Waals surface area (Å²) in [5.41, 5.74) is 0.825. The molecule has 1 unspecified atom stereocenters. The molecule has 0 aliphatic heterocycles. The summed E-state index contributed by atoms with van der Waals surface area (Å²) in [6.45, 7) is -0.348. The minimum atomic E-state index is -2.46. The predicted octanol–water partition coefficient (Wildman–Crippen LogP) is 3.29. The normalized spacial score (nSPS) is 12.5. The highest BCUT2D eigenvalue weighted by atomic mass is 35.5. The topological polar surface area (TPSA) is 39.7 Å². The molecule has 21 heavy (non-hydrogen) atoms. The van der Waals surface area contributed by atoms with Crippen molar-refractivity contribution >= 4 is 11.6 Å². The van der Waals surface area contributed by atoms with Crippen LogP contribution < -0.4 is 14.8 Å². The number of halogens is 3. The van der Waals surface area contributed by atoms with Crippen molar-refractivity contribution in [1.29, 1.82) is 0 Å². The van der Waals surface area contributed by atoms with Crippen LogP contribution in [0.15, 0.2) is 12.1 Å². The van der Waals surface area contributed by atoms with E-state index in [9.17, 15) is 8.78 Å². The van der Waals surface area contributed by atoms with Crippen molar-refractivity contribution in [1.82, 2.24) is 5.32 Å². The van der Waals surface area contributed by atoms with E-state index in [2.05, 4.69) is 5.32 Å². The van der Waals surface area contributed by atoms with Gasteiger partial charge in [-0.05, 0) is 25.6 Å². The SMILES string of the molecule is CNC(CCOCC(F)F)c1ccc(OC)c(Cl)c1OC. The Hall–Kier alpha value is -1.11. The second-order valence-corrected chi connectivity index (χ2v) is 4.68. The smallest absolute Gasteiger partial charge is 0.261 e. The van der Waals surface area contributed by atoms with Crippen LogP contribution in [0.5, 0.6) is 11.5 Å². The quantitative estimate of drug-likeness (QED) is 0.708. The molecule has 1 aromatic carbocycles. The lowest BCUT2D eigenvalue weighted by Gasteiger charge is -2.21. The summed E-state index contributed by atoms with van der Waals surface area (Å²) in [7, 11) is 4.81. The first kappa shape index (κ1) is 17.9. The van der Waals surface area contributed by atoms with Gasteiger partial charge in [-0.1, -0.05) is 11.6 Å². The highest BCUT2D eigenvalue weighted by Gasteiger charge is 2.19. The van der Waals surface area contributed by atoms with Crippen LogP contribution in [0.3, 0.4) is 0 Å². The van der Waals surface area contributed by atoms with E-state index in [0.717, 1.165) is 5.56 Å². The molecular weight excluding hydrogens is 304 g/mol. The first-order valence-electron chi connectivity index (χ1n) is 6.48. The largest absolute Gasteiger partial charge is 0.495 e. The van der Waals surface area contributed by atoms with Gasteiger partial charge in [-0.25, -0.2) is 8.78 Å². The fourth-order valence-electron chi connectivity index (χ4n) is 2.02. The fourth-order valence-corrected chi connectivity index (χ4v) is 2.35. The molecule has 1 N–H and O–H groups in total. The zero-order chi connectivity index (χ0) is 15.8. The van der Waals surface area contributed by atoms with Crippen LogP contribution in [0.2, 0.25) is 5.02 Å². The van der Waals surface area contributed by atoms with Crippen LogP contribution in [0, 0.1) is 0 Å². The molecule has 0 radical (unpaired) electrons. The Bertz CT molecular complexity index is 446. The molecule has 0 spiro atoms. The molecule has 0 aliphatic carbocycles. The molecule has 0 heterocycles. The number of hydrogen-bond acceptors (Lipinski definition) is 4. The van der Waals surface area contributed by atoms with Gasteiger partial charge in [0.15, 0.2) is 0 Å². The molecule has 4 nitrogen and oxygen atoms in total. The molecule has 0 saturated carbocycles. The molecule has 1 aromatic rings. The van der Waals surface area contributed by atoms with Gasteiger partial charge in [0.25, 0.3) is 6.43 Å². The maximum absolute atomic E-state index is 12.0. The Balaban J connectivity index is 2.82. The number of nitrogens with one attached hydrogen (secondary N) is 1. The van der Waals surface area contributed by atoms with Gasteiger partial charge < -0.3 is 19.5 Å². The van der Waals surface area contributed by atoms with E-state index in [1.165, 1.54) is 14.2 Å². The van der Waals surface area contributed by atoms with Crippen molar-refractivity contribution in [2.24, 2.45) is 0 Å². The van der Waals surface area contributed by atoms with Gasteiger partial charge in [-0.2, -0.15) is 0 Å². The van der Waals surface area contributed by atoms with E-state index in [-0.39, 0.29) is 12.6 Å². The zero-order valence-corrected chi connectivity index (χ0v) is 13.0. The third kappa shape index (κ3) is 4.98. The molecule has 0 aromatic heterocycles. The van der Waals surface area contributed by atoms with Gasteiger partial charge in [0.05, 0.1) is 14.2 Å². The molecule has 0 saturated heterocycles. The number of methoxy groups -OCH3 is 2. The number of hydrogen-bond donors (Lipinski definition) is 1. The monoisotopic (exact) mass is 323 g/mol. The van der Waals surface area contributed by atoms with E-state index in [4.69, 9.17) is 25.8 Å². The molecule has 0 bridgehead atoms. The Labute approximate surface area is 128 Å². The molecule has 1 rings (SSSR count). The van der Waals surface area contributed by atoms with E-state index >= 15 is 0 Å². The summed E-state index contributed by atoms with van der Waals surface area (Å²) in [6.07, 6.45) is -1.94. The maximum Gasteiger partial charge on any atom is 0.261 e. The van der Waals surface area contributed by atoms with Gasteiger partial charge in [-0.15, -0.1) is 0 Å². The van der Waals surface area contributed by atoms with Crippen molar-refractivity contribution in [2.45, 2.75) is 18.9 Å². The first-order chi connectivity index (χ1) is 10.0. The van der Waals surface area contributed by atoms with Gasteiger partial charge >= 0.3 is 0 Å². The van der Waals surface area contributed by atoms with E-state index in [1.807, 2.05) is 6.07 Å². The Morgan fingerprint density at radius 1 is 1.24 bits per heavy atom. The van der Waals surface area contributed by atoms with Crippen LogP contribution in [0.4, 0.5) is 8.78 Å². The number of rotatable bonds is 9. The van der Waals surface area contributed by atoms with Crippen LogP contribution >= 0.6 is 11.6 Å². The van der Waals surface area contributed by atoms with Gasteiger partial charge in [0.1, 0.15) is 23.1 Å². The Kier molecular flexibility index (Phi) is 7.71. The number of alkyl halides is 2. The second kappa shape index (κ2) is 9.02. The van der Waals surface area contributed by atoms with E-state index < -0.39 is 13.0 Å². The highest BCUT2D eigenvalue weighted by molar-refractivity contribution is 6.33. The lowest BCUT2D eigenvalue weighted by atomic mass is 10.0. The van der Waals surface area contributed by atoms with Crippen molar-refractivity contribution in [3.63, 3.8) is 0 Å². The summed E-state index contributed by atoms with van der Waals surface area (Å²) in [5, 5.41) is 3.48. The third-order valence-corrected chi connectivity index (χ3v) is 3.39. The molecular formula is C14H20ClF2NO3. The van der Waals surface area contributed by atoms with Crippen LogP contribution in [-0.2, 0) is 4.74 Å². The van der Waals surface area contributed by atoms with E-state index in [0.29, 0.717) is 22.9 Å². The molecule has 120 valence electrons. The maximum atomic E-state index is 12.0. The first-order valence-corrected chi connectivity index (χ1v) is 6.86. The minimum Gasteiger partial charge on any atom is -0.495 e. The van der Waals surface area contributed by atoms with Gasteiger partial charge in [0, 0.05) is 18.2 Å². The summed E-state index contributed by atoms with van der Waals surface area (Å²) >= 11 is 6.21. The Morgan fingerprint density at radius 3 is 2.48 bits per heavy atom. The summed E-state index contributed by atoms with van der Waals surface area (Å²) < 4.78 is 39.4. The molecule has 0 fully saturated rings. The lowest BCUT2D eigenvalue weighted by Crippen LogP contribution is -2.20. The number of ether oxygens (including phenoxy) is 3. The molecule has 0 amide bonds. The Morgan fingerprint density at radius 2 is 1.95 bits per heavy atom. The highest BCUT2D eigenvalue weighted by Crippen LogP contribution is 2.40. The molecule has 7 heteroatoms. The predicted molar refractivity (Wildman–Crippen MR) is 77.8 cm³/mol. The standard InChI is InChI=1S/C14H20ClF2NO3/c1-18-10(6-7-21-8-12(16)17)9-4-5-11(19-2)13(15)14(9)20-3/h4-5,10,12,18H,6-8H2,1-3H3. The second-order valence-electron chi connectivity index (χ2n) is 4.30. The van der Waals surface area contributed by atoms with Crippen molar-refractivity contribution in [3.8, 4) is 11.5 Å². The van der Waals surface area contributed by atoms with Gasteiger partial charge in [0.2, 0.25) is 0 Å². The third-order valence-electron chi connectivity index (χ3n) is 3.03. The van der Waals surface area contributed by atoms with Crippen LogP contribution in [-0.4, -0.2) is 40.9 Å². The summed E-state index contributed by atoms with van der Waals surface area (Å²) in [5.74, 6) is 1.02. The molecule has 1 atom stereocenters. The number of benzene rings is 1. The summed E-state index contributed by atoms with van der Waals surface area (Å²) in [4.78, 5) is 0. The molecule has 0 aliphatic rings. The fraction of sp³-hybridized carbons (Fsp3) is 0.571. The average Bonchev–Trinajstić information content (AvgIpc) is 2.47. The van der Waals surface area contributed by atoms with Crippen molar-refractivity contribution in [3.05, 3.63) is 22.7 Å². The van der Waals surface area contributed by atoms with Crippen molar-refractivity contribution in [2.75, 3.05) is 34.5 Å². The average molecular weight is 324 g/mol.